The third-order valence-corrected chi connectivity index (χ3v) is 6.86. The van der Waals surface area contributed by atoms with Crippen LogP contribution in [0.2, 0.25) is 0 Å². The van der Waals surface area contributed by atoms with Gasteiger partial charge in [0.15, 0.2) is 11.0 Å². The highest BCUT2D eigenvalue weighted by atomic mass is 32.2. The molecule has 2 heterocycles. The Labute approximate surface area is 213 Å². The van der Waals surface area contributed by atoms with Gasteiger partial charge in [-0.25, -0.2) is 0 Å². The van der Waals surface area contributed by atoms with Gasteiger partial charge in [0.05, 0.1) is 23.0 Å². The quantitative estimate of drug-likeness (QED) is 0.319. The van der Waals surface area contributed by atoms with Crippen molar-refractivity contribution in [3.8, 4) is 11.4 Å². The van der Waals surface area contributed by atoms with Crippen LogP contribution in [-0.2, 0) is 4.79 Å². The van der Waals surface area contributed by atoms with E-state index in [9.17, 15) is 9.59 Å². The number of benzene rings is 2. The number of amides is 2. The smallest absolute Gasteiger partial charge is 0.253 e. The van der Waals surface area contributed by atoms with Crippen molar-refractivity contribution in [2.45, 2.75) is 37.0 Å². The molecule has 2 aromatic carbocycles. The highest BCUT2D eigenvalue weighted by molar-refractivity contribution is 7.99. The van der Waals surface area contributed by atoms with Crippen LogP contribution in [-0.4, -0.2) is 37.3 Å². The van der Waals surface area contributed by atoms with E-state index >= 15 is 0 Å². The van der Waals surface area contributed by atoms with Gasteiger partial charge in [-0.1, -0.05) is 54.2 Å². The summed E-state index contributed by atoms with van der Waals surface area (Å²) < 4.78 is 2.10. The average molecular weight is 499 g/mol. The van der Waals surface area contributed by atoms with Crippen LogP contribution < -0.4 is 10.6 Å². The van der Waals surface area contributed by atoms with E-state index in [4.69, 9.17) is 0 Å². The molecule has 182 valence electrons. The molecule has 1 saturated carbocycles. The summed E-state index contributed by atoms with van der Waals surface area (Å²) in [5, 5.41) is 15.3. The van der Waals surface area contributed by atoms with Crippen LogP contribution in [0.5, 0.6) is 0 Å². The van der Waals surface area contributed by atoms with Crippen molar-refractivity contribution < 1.29 is 9.59 Å². The summed E-state index contributed by atoms with van der Waals surface area (Å²) in [7, 11) is 0. The first-order chi connectivity index (χ1) is 17.6. The zero-order chi connectivity index (χ0) is 24.9. The molecular weight excluding hydrogens is 472 g/mol. The average Bonchev–Trinajstić information content (AvgIpc) is 3.67. The minimum atomic E-state index is -0.246. The Balaban J connectivity index is 1.25. The molecule has 0 saturated heterocycles. The van der Waals surface area contributed by atoms with Gasteiger partial charge in [0.25, 0.3) is 5.91 Å². The minimum absolute atomic E-state index is 0.147. The van der Waals surface area contributed by atoms with E-state index in [0.717, 1.165) is 29.8 Å². The predicted molar refractivity (Wildman–Crippen MR) is 140 cm³/mol. The molecule has 2 amide bonds. The molecule has 0 spiro atoms. The first-order valence-corrected chi connectivity index (χ1v) is 12.8. The third kappa shape index (κ3) is 5.46. The first kappa shape index (κ1) is 23.7. The second kappa shape index (κ2) is 10.7. The van der Waals surface area contributed by atoms with Gasteiger partial charge in [-0.3, -0.25) is 19.1 Å². The molecular formula is C27H26N6O2S. The molecule has 4 aromatic rings. The van der Waals surface area contributed by atoms with Crippen LogP contribution in [0.4, 0.5) is 5.69 Å². The van der Waals surface area contributed by atoms with E-state index in [1.807, 2.05) is 49.4 Å². The SMILES string of the molecule is C[C@@H](NC(=O)c1ccccc1NC(=O)CSc1nnc(-c2cccnc2)n1C1CC1)c1ccccc1. The van der Waals surface area contributed by atoms with Crippen LogP contribution in [0.15, 0.2) is 84.3 Å². The number of hydrogen-bond acceptors (Lipinski definition) is 6. The summed E-state index contributed by atoms with van der Waals surface area (Å²) in [5.74, 6) is 0.450. The number of nitrogens with one attached hydrogen (secondary N) is 2. The van der Waals surface area contributed by atoms with E-state index < -0.39 is 0 Å². The third-order valence-electron chi connectivity index (χ3n) is 5.92. The molecule has 36 heavy (non-hydrogen) atoms. The zero-order valence-electron chi connectivity index (χ0n) is 19.8. The molecule has 5 rings (SSSR count). The summed E-state index contributed by atoms with van der Waals surface area (Å²) in [6.07, 6.45) is 5.62. The van der Waals surface area contributed by atoms with Crippen LogP contribution in [0.1, 0.15) is 47.8 Å². The lowest BCUT2D eigenvalue weighted by Gasteiger charge is -2.16. The molecule has 1 aliphatic carbocycles. The Hall–Kier alpha value is -3.98. The van der Waals surface area contributed by atoms with Crippen molar-refractivity contribution in [3.63, 3.8) is 0 Å². The molecule has 8 nitrogen and oxygen atoms in total. The number of para-hydroxylation sites is 1. The van der Waals surface area contributed by atoms with Crippen LogP contribution in [0.25, 0.3) is 11.4 Å². The molecule has 0 radical (unpaired) electrons. The number of carbonyl (C=O) groups excluding carboxylic acids is 2. The second-order valence-electron chi connectivity index (χ2n) is 8.64. The van der Waals surface area contributed by atoms with Gasteiger partial charge in [0, 0.05) is 24.0 Å². The van der Waals surface area contributed by atoms with Gasteiger partial charge >= 0.3 is 0 Å². The van der Waals surface area contributed by atoms with Crippen LogP contribution in [0.3, 0.4) is 0 Å². The van der Waals surface area contributed by atoms with Crippen molar-refractivity contribution in [3.05, 3.63) is 90.3 Å². The van der Waals surface area contributed by atoms with Crippen LogP contribution in [0, 0.1) is 0 Å². The zero-order valence-corrected chi connectivity index (χ0v) is 20.6. The molecule has 0 aliphatic heterocycles. The number of thioether (sulfide) groups is 1. The Bertz CT molecular complexity index is 1360. The van der Waals surface area contributed by atoms with Gasteiger partial charge in [-0.2, -0.15) is 0 Å². The van der Waals surface area contributed by atoms with Crippen molar-refractivity contribution >= 4 is 29.3 Å². The van der Waals surface area contributed by atoms with Crippen molar-refractivity contribution in [2.75, 3.05) is 11.1 Å². The normalized spacial score (nSPS) is 13.7. The molecule has 0 unspecified atom stereocenters. The van der Waals surface area contributed by atoms with Gasteiger partial charge in [0.1, 0.15) is 0 Å². The lowest BCUT2D eigenvalue weighted by atomic mass is 10.1. The monoisotopic (exact) mass is 498 g/mol. The summed E-state index contributed by atoms with van der Waals surface area (Å²) >= 11 is 1.34. The van der Waals surface area contributed by atoms with Crippen LogP contribution >= 0.6 is 11.8 Å². The molecule has 1 aliphatic rings. The fourth-order valence-electron chi connectivity index (χ4n) is 3.94. The topological polar surface area (TPSA) is 102 Å². The summed E-state index contributed by atoms with van der Waals surface area (Å²) in [6, 6.07) is 20.8. The van der Waals surface area contributed by atoms with E-state index in [-0.39, 0.29) is 23.6 Å². The molecule has 1 fully saturated rings. The molecule has 0 bridgehead atoms. The Kier molecular flexibility index (Phi) is 7.08. The van der Waals surface area contributed by atoms with Gasteiger partial charge in [0.2, 0.25) is 5.91 Å². The maximum atomic E-state index is 13.0. The maximum Gasteiger partial charge on any atom is 0.253 e. The number of aromatic nitrogens is 4. The standard InChI is InChI=1S/C27H26N6O2S/c1-18(19-8-3-2-4-9-19)29-26(35)22-11-5-6-12-23(22)30-24(34)17-36-27-32-31-25(33(27)21-13-14-21)20-10-7-15-28-16-20/h2-12,15-16,18,21H,13-14,17H2,1H3,(H,29,35)(H,30,34)/t18-/m1/s1. The Morgan fingerprint density at radius 1 is 1.03 bits per heavy atom. The number of pyridine rings is 1. The largest absolute Gasteiger partial charge is 0.345 e. The summed E-state index contributed by atoms with van der Waals surface area (Å²) in [6.45, 7) is 1.93. The number of nitrogens with zero attached hydrogens (tertiary/aromatic N) is 4. The molecule has 1 atom stereocenters. The van der Waals surface area contributed by atoms with E-state index in [1.165, 1.54) is 11.8 Å². The first-order valence-electron chi connectivity index (χ1n) is 11.8. The van der Waals surface area contributed by atoms with Gasteiger partial charge in [-0.15, -0.1) is 10.2 Å². The fourth-order valence-corrected chi connectivity index (χ4v) is 4.74. The van der Waals surface area contributed by atoms with E-state index in [1.54, 1.807) is 36.7 Å². The minimum Gasteiger partial charge on any atom is -0.345 e. The number of anilines is 1. The Morgan fingerprint density at radius 2 is 1.81 bits per heavy atom. The van der Waals surface area contributed by atoms with E-state index in [2.05, 4.69) is 30.4 Å². The predicted octanol–water partition coefficient (Wildman–Crippen LogP) is 4.90. The van der Waals surface area contributed by atoms with Crippen molar-refractivity contribution in [1.82, 2.24) is 25.1 Å². The highest BCUT2D eigenvalue weighted by Gasteiger charge is 2.30. The van der Waals surface area contributed by atoms with Gasteiger partial charge < -0.3 is 10.6 Å². The Morgan fingerprint density at radius 3 is 2.56 bits per heavy atom. The lowest BCUT2D eigenvalue weighted by molar-refractivity contribution is -0.113. The molecule has 2 N–H and O–H groups in total. The summed E-state index contributed by atoms with van der Waals surface area (Å²) in [4.78, 5) is 30.0. The second-order valence-corrected chi connectivity index (χ2v) is 9.58. The number of hydrogen-bond donors (Lipinski definition) is 2. The maximum absolute atomic E-state index is 13.0. The molecule has 2 aromatic heterocycles. The lowest BCUT2D eigenvalue weighted by Crippen LogP contribution is -2.28. The molecule has 9 heteroatoms. The number of rotatable bonds is 9. The number of carbonyl (C=O) groups is 2. The van der Waals surface area contributed by atoms with Crippen molar-refractivity contribution in [2.24, 2.45) is 0 Å². The van der Waals surface area contributed by atoms with Crippen molar-refractivity contribution in [1.29, 1.82) is 0 Å². The van der Waals surface area contributed by atoms with Gasteiger partial charge in [-0.05, 0) is 49.6 Å². The van der Waals surface area contributed by atoms with E-state index in [0.29, 0.717) is 22.4 Å². The highest BCUT2D eigenvalue weighted by Crippen LogP contribution is 2.41. The fraction of sp³-hybridized carbons (Fsp3) is 0.222. The summed E-state index contributed by atoms with van der Waals surface area (Å²) in [5.41, 5.74) is 2.80.